The Morgan fingerprint density at radius 1 is 1.24 bits per heavy atom. The molecule has 1 aliphatic carbocycles. The zero-order valence-corrected chi connectivity index (χ0v) is 16.4. The number of amides is 1. The Morgan fingerprint density at radius 3 is 2.56 bits per heavy atom. The van der Waals surface area contributed by atoms with Gasteiger partial charge in [0, 0.05) is 10.0 Å². The summed E-state index contributed by atoms with van der Waals surface area (Å²) < 4.78 is 6.15. The van der Waals surface area contributed by atoms with Crippen LogP contribution in [-0.4, -0.2) is 18.5 Å². The summed E-state index contributed by atoms with van der Waals surface area (Å²) in [6.07, 6.45) is 4.54. The summed E-state index contributed by atoms with van der Waals surface area (Å²) in [4.78, 5) is 25.0. The Bertz CT molecular complexity index is 763. The smallest absolute Gasteiger partial charge is 0.341 e. The number of anilines is 1. The van der Waals surface area contributed by atoms with Crippen LogP contribution in [0, 0.1) is 0 Å². The van der Waals surface area contributed by atoms with E-state index in [1.54, 1.807) is 19.1 Å². The van der Waals surface area contributed by atoms with Gasteiger partial charge in [0.05, 0.1) is 12.2 Å². The lowest BCUT2D eigenvalue weighted by molar-refractivity contribution is 0.0526. The molecule has 0 aliphatic heterocycles. The van der Waals surface area contributed by atoms with E-state index in [4.69, 9.17) is 4.74 Å². The molecule has 1 heterocycles. The van der Waals surface area contributed by atoms with Crippen LogP contribution in [0.5, 0.6) is 0 Å². The molecule has 6 heteroatoms. The highest BCUT2D eigenvalue weighted by molar-refractivity contribution is 9.10. The molecule has 1 fully saturated rings. The van der Waals surface area contributed by atoms with E-state index in [0.717, 1.165) is 22.9 Å². The lowest BCUT2D eigenvalue weighted by Gasteiger charge is -2.12. The summed E-state index contributed by atoms with van der Waals surface area (Å²) in [6.45, 7) is 2.11. The molecule has 3 rings (SSSR count). The van der Waals surface area contributed by atoms with Crippen molar-refractivity contribution in [2.45, 2.75) is 38.5 Å². The van der Waals surface area contributed by atoms with E-state index >= 15 is 0 Å². The van der Waals surface area contributed by atoms with Crippen molar-refractivity contribution in [1.82, 2.24) is 0 Å². The summed E-state index contributed by atoms with van der Waals surface area (Å²) >= 11 is 4.76. The molecule has 1 saturated carbocycles. The van der Waals surface area contributed by atoms with E-state index in [2.05, 4.69) is 21.2 Å². The Hall–Kier alpha value is -1.66. The first-order chi connectivity index (χ1) is 12.1. The van der Waals surface area contributed by atoms with Crippen LogP contribution in [0.2, 0.25) is 0 Å². The summed E-state index contributed by atoms with van der Waals surface area (Å²) in [7, 11) is 0. The van der Waals surface area contributed by atoms with Gasteiger partial charge in [-0.2, -0.15) is 0 Å². The molecule has 1 N–H and O–H groups in total. The average Bonchev–Trinajstić information content (AvgIpc) is 3.24. The maximum atomic E-state index is 12.5. The molecular weight excluding hydrogens is 402 g/mol. The second-order valence-corrected chi connectivity index (χ2v) is 7.85. The SMILES string of the molecule is CCOC(=O)c1c(C2CCCC2)csc1NC(=O)c1ccc(Br)cc1. The fourth-order valence-corrected chi connectivity index (χ4v) is 4.48. The van der Waals surface area contributed by atoms with Crippen LogP contribution in [0.1, 0.15) is 64.8 Å². The van der Waals surface area contributed by atoms with Crippen molar-refractivity contribution in [3.63, 3.8) is 0 Å². The first kappa shape index (κ1) is 18.1. The van der Waals surface area contributed by atoms with E-state index in [9.17, 15) is 9.59 Å². The lowest BCUT2D eigenvalue weighted by atomic mass is 9.96. The Balaban J connectivity index is 1.88. The van der Waals surface area contributed by atoms with Crippen LogP contribution in [-0.2, 0) is 4.74 Å². The zero-order valence-electron chi connectivity index (χ0n) is 14.0. The predicted molar refractivity (Wildman–Crippen MR) is 104 cm³/mol. The van der Waals surface area contributed by atoms with Crippen LogP contribution >= 0.6 is 27.3 Å². The van der Waals surface area contributed by atoms with Gasteiger partial charge in [-0.25, -0.2) is 4.79 Å². The van der Waals surface area contributed by atoms with Crippen molar-refractivity contribution in [2.75, 3.05) is 11.9 Å². The third kappa shape index (κ3) is 4.12. The van der Waals surface area contributed by atoms with E-state index in [0.29, 0.717) is 28.7 Å². The second-order valence-electron chi connectivity index (χ2n) is 6.06. The lowest BCUT2D eigenvalue weighted by Crippen LogP contribution is -2.15. The van der Waals surface area contributed by atoms with Gasteiger partial charge in [0.1, 0.15) is 5.00 Å². The fraction of sp³-hybridized carbons (Fsp3) is 0.368. The van der Waals surface area contributed by atoms with E-state index < -0.39 is 0 Å². The normalized spacial score (nSPS) is 14.5. The third-order valence-electron chi connectivity index (χ3n) is 4.43. The number of ether oxygens (including phenoxy) is 1. The maximum absolute atomic E-state index is 12.5. The second kappa shape index (κ2) is 8.15. The number of rotatable bonds is 5. The molecular formula is C19H20BrNO3S. The molecule has 132 valence electrons. The van der Waals surface area contributed by atoms with Crippen molar-refractivity contribution in [1.29, 1.82) is 0 Å². The quantitative estimate of drug-likeness (QED) is 0.639. The van der Waals surface area contributed by atoms with Crippen LogP contribution in [0.15, 0.2) is 34.1 Å². The molecule has 0 bridgehead atoms. The molecule has 4 nitrogen and oxygen atoms in total. The average molecular weight is 422 g/mol. The summed E-state index contributed by atoms with van der Waals surface area (Å²) in [6, 6.07) is 7.13. The molecule has 1 aromatic carbocycles. The third-order valence-corrected chi connectivity index (χ3v) is 5.87. The van der Waals surface area contributed by atoms with Crippen LogP contribution in [0.25, 0.3) is 0 Å². The maximum Gasteiger partial charge on any atom is 0.341 e. The number of hydrogen-bond acceptors (Lipinski definition) is 4. The van der Waals surface area contributed by atoms with E-state index in [-0.39, 0.29) is 11.9 Å². The van der Waals surface area contributed by atoms with Gasteiger partial charge in [-0.1, -0.05) is 28.8 Å². The Kier molecular flexibility index (Phi) is 5.91. The molecule has 25 heavy (non-hydrogen) atoms. The highest BCUT2D eigenvalue weighted by Crippen LogP contribution is 2.41. The van der Waals surface area contributed by atoms with Gasteiger partial charge in [-0.3, -0.25) is 4.79 Å². The topological polar surface area (TPSA) is 55.4 Å². The molecule has 1 amide bonds. The van der Waals surface area contributed by atoms with Crippen LogP contribution < -0.4 is 5.32 Å². The van der Waals surface area contributed by atoms with E-state index in [1.807, 2.05) is 17.5 Å². The molecule has 0 radical (unpaired) electrons. The van der Waals surface area contributed by atoms with Crippen LogP contribution in [0.4, 0.5) is 5.00 Å². The summed E-state index contributed by atoms with van der Waals surface area (Å²) in [5.41, 5.74) is 2.10. The highest BCUT2D eigenvalue weighted by atomic mass is 79.9. The highest BCUT2D eigenvalue weighted by Gasteiger charge is 2.28. The van der Waals surface area contributed by atoms with Crippen molar-refractivity contribution in [2.24, 2.45) is 0 Å². The van der Waals surface area contributed by atoms with Gasteiger partial charge in [-0.05, 0) is 60.9 Å². The molecule has 2 aromatic rings. The molecule has 0 spiro atoms. The van der Waals surface area contributed by atoms with E-state index in [1.165, 1.54) is 24.2 Å². The molecule has 0 atom stereocenters. The minimum atomic E-state index is -0.350. The summed E-state index contributed by atoms with van der Waals surface area (Å²) in [5, 5.41) is 5.47. The van der Waals surface area contributed by atoms with Gasteiger partial charge >= 0.3 is 5.97 Å². The number of nitrogens with one attached hydrogen (secondary N) is 1. The monoisotopic (exact) mass is 421 g/mol. The van der Waals surface area contributed by atoms with Gasteiger partial charge in [0.15, 0.2) is 0 Å². The van der Waals surface area contributed by atoms with Gasteiger partial charge in [0.2, 0.25) is 0 Å². The Morgan fingerprint density at radius 2 is 1.92 bits per heavy atom. The first-order valence-corrected chi connectivity index (χ1v) is 10.1. The number of benzene rings is 1. The number of halogens is 1. The standard InChI is InChI=1S/C19H20BrNO3S/c1-2-24-19(23)16-15(12-5-3-4-6-12)11-25-18(16)21-17(22)13-7-9-14(20)10-8-13/h7-12H,2-6H2,1H3,(H,21,22). The van der Waals surface area contributed by atoms with Crippen LogP contribution in [0.3, 0.4) is 0 Å². The number of carbonyl (C=O) groups excluding carboxylic acids is 2. The van der Waals surface area contributed by atoms with Gasteiger partial charge < -0.3 is 10.1 Å². The number of carbonyl (C=O) groups is 2. The van der Waals surface area contributed by atoms with Gasteiger partial charge in [-0.15, -0.1) is 11.3 Å². The minimum absolute atomic E-state index is 0.224. The number of thiophene rings is 1. The van der Waals surface area contributed by atoms with Gasteiger partial charge in [0.25, 0.3) is 5.91 Å². The molecule has 0 unspecified atom stereocenters. The van der Waals surface area contributed by atoms with Crippen molar-refractivity contribution in [3.05, 3.63) is 50.8 Å². The molecule has 1 aromatic heterocycles. The minimum Gasteiger partial charge on any atom is -0.462 e. The largest absolute Gasteiger partial charge is 0.462 e. The summed E-state index contributed by atoms with van der Waals surface area (Å²) in [5.74, 6) is -0.191. The Labute approximate surface area is 159 Å². The van der Waals surface area contributed by atoms with Crippen molar-refractivity contribution in [3.8, 4) is 0 Å². The van der Waals surface area contributed by atoms with Crippen molar-refractivity contribution >= 4 is 44.1 Å². The fourth-order valence-electron chi connectivity index (χ4n) is 3.19. The number of esters is 1. The van der Waals surface area contributed by atoms with Crippen molar-refractivity contribution < 1.29 is 14.3 Å². The number of hydrogen-bond donors (Lipinski definition) is 1. The predicted octanol–water partition coefficient (Wildman–Crippen LogP) is 5.60. The molecule has 0 saturated heterocycles. The zero-order chi connectivity index (χ0) is 17.8. The first-order valence-electron chi connectivity index (χ1n) is 8.45. The molecule has 1 aliphatic rings.